The zero-order valence-corrected chi connectivity index (χ0v) is 10.4. The lowest BCUT2D eigenvalue weighted by atomic mass is 10.2. The predicted octanol–water partition coefficient (Wildman–Crippen LogP) is 1.97. The quantitative estimate of drug-likeness (QED) is 0.790. The lowest BCUT2D eigenvalue weighted by molar-refractivity contribution is -0.127. The smallest absolute Gasteiger partial charge is 0.246 e. The second-order valence-corrected chi connectivity index (χ2v) is 4.19. The van der Waals surface area contributed by atoms with E-state index in [2.05, 4.69) is 0 Å². The number of nitrogens with zero attached hydrogens (tertiary/aromatic N) is 1. The molecule has 0 aliphatic rings. The highest BCUT2D eigenvalue weighted by molar-refractivity contribution is 5.88. The van der Waals surface area contributed by atoms with E-state index < -0.39 is 0 Å². The van der Waals surface area contributed by atoms with Gasteiger partial charge in [0.2, 0.25) is 5.91 Å². The highest BCUT2D eigenvalue weighted by atomic mass is 16.3. The fraction of sp³-hybridized carbons (Fsp3) is 0.357. The minimum absolute atomic E-state index is 0.0187. The molecular formula is C14H19NO2. The Kier molecular flexibility index (Phi) is 5.43. The van der Waals surface area contributed by atoms with Gasteiger partial charge in [0, 0.05) is 19.2 Å². The molecule has 1 aromatic rings. The summed E-state index contributed by atoms with van der Waals surface area (Å²) in [6.07, 6.45) is 1.60. The van der Waals surface area contributed by atoms with Crippen LogP contribution in [-0.4, -0.2) is 29.1 Å². The van der Waals surface area contributed by atoms with Crippen LogP contribution >= 0.6 is 0 Å². The summed E-state index contributed by atoms with van der Waals surface area (Å²) in [7, 11) is 0. The highest BCUT2D eigenvalue weighted by Crippen LogP contribution is 2.05. The van der Waals surface area contributed by atoms with Crippen molar-refractivity contribution in [1.82, 2.24) is 4.90 Å². The largest absolute Gasteiger partial charge is 0.395 e. The molecule has 0 aliphatic carbocycles. The topological polar surface area (TPSA) is 40.5 Å². The standard InChI is InChI=1S/C14H19NO2/c1-12(2)10-14(17)15(8-9-16)11-13-6-4-3-5-7-13/h3-7,10,16H,8-9,11H2,1-2H3. The molecular weight excluding hydrogens is 214 g/mol. The first kappa shape index (κ1) is 13.5. The minimum Gasteiger partial charge on any atom is -0.395 e. The normalized spacial score (nSPS) is 9.82. The van der Waals surface area contributed by atoms with Gasteiger partial charge in [-0.3, -0.25) is 4.79 Å². The van der Waals surface area contributed by atoms with Crippen molar-refractivity contribution in [3.05, 3.63) is 47.5 Å². The Morgan fingerprint density at radius 3 is 2.47 bits per heavy atom. The summed E-state index contributed by atoms with van der Waals surface area (Å²) in [6.45, 7) is 4.64. The van der Waals surface area contributed by atoms with E-state index in [1.165, 1.54) is 0 Å². The molecule has 1 rings (SSSR count). The zero-order chi connectivity index (χ0) is 12.7. The van der Waals surface area contributed by atoms with E-state index >= 15 is 0 Å². The molecule has 1 aromatic carbocycles. The van der Waals surface area contributed by atoms with Gasteiger partial charge in [-0.25, -0.2) is 0 Å². The highest BCUT2D eigenvalue weighted by Gasteiger charge is 2.10. The predicted molar refractivity (Wildman–Crippen MR) is 68.4 cm³/mol. The minimum atomic E-state index is -0.0529. The molecule has 0 aliphatic heterocycles. The van der Waals surface area contributed by atoms with Crippen molar-refractivity contribution in [2.75, 3.05) is 13.2 Å². The van der Waals surface area contributed by atoms with Gasteiger partial charge in [-0.05, 0) is 19.4 Å². The third kappa shape index (κ3) is 4.83. The summed E-state index contributed by atoms with van der Waals surface area (Å²) in [6, 6.07) is 9.77. The third-order valence-corrected chi connectivity index (χ3v) is 2.31. The van der Waals surface area contributed by atoms with Crippen LogP contribution in [0.2, 0.25) is 0 Å². The number of amides is 1. The van der Waals surface area contributed by atoms with E-state index in [1.807, 2.05) is 44.2 Å². The number of carbonyl (C=O) groups is 1. The first-order valence-corrected chi connectivity index (χ1v) is 5.72. The molecule has 0 saturated heterocycles. The number of carbonyl (C=O) groups excluding carboxylic acids is 1. The van der Waals surface area contributed by atoms with Gasteiger partial charge in [0.15, 0.2) is 0 Å². The molecule has 0 fully saturated rings. The fourth-order valence-corrected chi connectivity index (χ4v) is 1.53. The second-order valence-electron chi connectivity index (χ2n) is 4.19. The maximum atomic E-state index is 11.9. The second kappa shape index (κ2) is 6.86. The average molecular weight is 233 g/mol. The average Bonchev–Trinajstić information content (AvgIpc) is 2.29. The van der Waals surface area contributed by atoms with E-state index in [1.54, 1.807) is 11.0 Å². The number of hydrogen-bond donors (Lipinski definition) is 1. The van der Waals surface area contributed by atoms with Gasteiger partial charge >= 0.3 is 0 Å². The summed E-state index contributed by atoms with van der Waals surface area (Å²) in [5, 5.41) is 8.98. The van der Waals surface area contributed by atoms with Crippen LogP contribution in [0.3, 0.4) is 0 Å². The molecule has 0 saturated carbocycles. The van der Waals surface area contributed by atoms with Crippen LogP contribution in [0.15, 0.2) is 42.0 Å². The third-order valence-electron chi connectivity index (χ3n) is 2.31. The van der Waals surface area contributed by atoms with Crippen LogP contribution < -0.4 is 0 Å². The molecule has 0 radical (unpaired) electrons. The van der Waals surface area contributed by atoms with Gasteiger partial charge in [0.25, 0.3) is 0 Å². The van der Waals surface area contributed by atoms with Gasteiger partial charge in [-0.15, -0.1) is 0 Å². The summed E-state index contributed by atoms with van der Waals surface area (Å²) in [4.78, 5) is 13.5. The molecule has 0 atom stereocenters. The van der Waals surface area contributed by atoms with Gasteiger partial charge in [0.05, 0.1) is 6.61 Å². The molecule has 3 nitrogen and oxygen atoms in total. The van der Waals surface area contributed by atoms with Crippen LogP contribution in [0.25, 0.3) is 0 Å². The Balaban J connectivity index is 2.73. The van der Waals surface area contributed by atoms with Gasteiger partial charge in [-0.1, -0.05) is 35.9 Å². The SMILES string of the molecule is CC(C)=CC(=O)N(CCO)Cc1ccccc1. The molecule has 0 bridgehead atoms. The monoisotopic (exact) mass is 233 g/mol. The van der Waals surface area contributed by atoms with E-state index in [4.69, 9.17) is 5.11 Å². The van der Waals surface area contributed by atoms with Gasteiger partial charge in [-0.2, -0.15) is 0 Å². The van der Waals surface area contributed by atoms with Crippen molar-refractivity contribution in [3.63, 3.8) is 0 Å². The molecule has 92 valence electrons. The molecule has 17 heavy (non-hydrogen) atoms. The molecule has 3 heteroatoms. The first-order chi connectivity index (χ1) is 8.13. The Morgan fingerprint density at radius 1 is 1.29 bits per heavy atom. The number of allylic oxidation sites excluding steroid dienone is 1. The maximum Gasteiger partial charge on any atom is 0.246 e. The van der Waals surface area contributed by atoms with Crippen molar-refractivity contribution in [2.24, 2.45) is 0 Å². The van der Waals surface area contributed by atoms with Crippen molar-refractivity contribution in [3.8, 4) is 0 Å². The maximum absolute atomic E-state index is 11.9. The summed E-state index contributed by atoms with van der Waals surface area (Å²) >= 11 is 0. The van der Waals surface area contributed by atoms with Crippen molar-refractivity contribution in [1.29, 1.82) is 0 Å². The molecule has 0 spiro atoms. The van der Waals surface area contributed by atoms with Crippen LogP contribution in [-0.2, 0) is 11.3 Å². The van der Waals surface area contributed by atoms with Crippen LogP contribution in [0.4, 0.5) is 0 Å². The number of aliphatic hydroxyl groups is 1. The van der Waals surface area contributed by atoms with Gasteiger partial charge < -0.3 is 10.0 Å². The van der Waals surface area contributed by atoms with E-state index in [-0.39, 0.29) is 12.5 Å². The van der Waals surface area contributed by atoms with E-state index in [0.717, 1.165) is 11.1 Å². The summed E-state index contributed by atoms with van der Waals surface area (Å²) < 4.78 is 0. The summed E-state index contributed by atoms with van der Waals surface area (Å²) in [5.41, 5.74) is 2.03. The van der Waals surface area contributed by atoms with Crippen molar-refractivity contribution in [2.45, 2.75) is 20.4 Å². The number of hydrogen-bond acceptors (Lipinski definition) is 2. The van der Waals surface area contributed by atoms with Crippen LogP contribution in [0.1, 0.15) is 19.4 Å². The first-order valence-electron chi connectivity index (χ1n) is 5.72. The molecule has 0 heterocycles. The zero-order valence-electron chi connectivity index (χ0n) is 10.4. The molecule has 1 amide bonds. The lowest BCUT2D eigenvalue weighted by Gasteiger charge is -2.20. The molecule has 0 unspecified atom stereocenters. The van der Waals surface area contributed by atoms with Crippen molar-refractivity contribution >= 4 is 5.91 Å². The van der Waals surface area contributed by atoms with Crippen LogP contribution in [0, 0.1) is 0 Å². The summed E-state index contributed by atoms with van der Waals surface area (Å²) in [5.74, 6) is -0.0529. The van der Waals surface area contributed by atoms with E-state index in [0.29, 0.717) is 13.1 Å². The number of benzene rings is 1. The Hall–Kier alpha value is -1.61. The van der Waals surface area contributed by atoms with E-state index in [9.17, 15) is 4.79 Å². The Morgan fingerprint density at radius 2 is 1.94 bits per heavy atom. The van der Waals surface area contributed by atoms with Gasteiger partial charge in [0.1, 0.15) is 0 Å². The Bertz CT molecular complexity index is 380. The number of rotatable bonds is 5. The Labute approximate surface area is 102 Å². The lowest BCUT2D eigenvalue weighted by Crippen LogP contribution is -2.31. The molecule has 1 N–H and O–H groups in total. The van der Waals surface area contributed by atoms with Crippen molar-refractivity contribution < 1.29 is 9.90 Å². The number of aliphatic hydroxyl groups excluding tert-OH is 1. The molecule has 0 aromatic heterocycles. The van der Waals surface area contributed by atoms with Crippen LogP contribution in [0.5, 0.6) is 0 Å². The fourth-order valence-electron chi connectivity index (χ4n) is 1.53.